The maximum Gasteiger partial charge on any atom is 0.316 e. The van der Waals surface area contributed by atoms with E-state index in [0.717, 1.165) is 12.4 Å². The van der Waals surface area contributed by atoms with Crippen LogP contribution in [0.4, 0.5) is 4.39 Å². The molecule has 8 nitrogen and oxygen atoms in total. The zero-order chi connectivity index (χ0) is 18.7. The molecule has 0 amide bonds. The van der Waals surface area contributed by atoms with Crippen molar-refractivity contribution in [3.63, 3.8) is 0 Å². The first-order valence-electron chi connectivity index (χ1n) is 8.53. The lowest BCUT2D eigenvalue weighted by Crippen LogP contribution is -2.39. The van der Waals surface area contributed by atoms with Crippen LogP contribution in [0.5, 0.6) is 6.01 Å². The van der Waals surface area contributed by atoms with Gasteiger partial charge in [-0.2, -0.15) is 0 Å². The molecule has 0 aliphatic heterocycles. The molecule has 1 N–H and O–H groups in total. The normalized spacial score (nSPS) is 21.1. The van der Waals surface area contributed by atoms with Crippen molar-refractivity contribution >= 4 is 10.0 Å². The van der Waals surface area contributed by atoms with Gasteiger partial charge in [0.25, 0.3) is 10.0 Å². The fourth-order valence-electron chi connectivity index (χ4n) is 2.83. The molecule has 0 radical (unpaired) electrons. The van der Waals surface area contributed by atoms with Crippen LogP contribution in [0.25, 0.3) is 0 Å². The molecule has 10 heteroatoms. The minimum atomic E-state index is -3.64. The van der Waals surface area contributed by atoms with E-state index < -0.39 is 15.8 Å². The maximum atomic E-state index is 12.8. The van der Waals surface area contributed by atoms with Crippen molar-refractivity contribution in [3.8, 4) is 6.01 Å². The largest absolute Gasteiger partial charge is 0.460 e. The van der Waals surface area contributed by atoms with Gasteiger partial charge < -0.3 is 9.30 Å². The van der Waals surface area contributed by atoms with Crippen molar-refractivity contribution in [2.75, 3.05) is 0 Å². The van der Waals surface area contributed by atoms with E-state index in [0.29, 0.717) is 25.7 Å². The molecule has 0 atom stereocenters. The van der Waals surface area contributed by atoms with Gasteiger partial charge >= 0.3 is 6.01 Å². The van der Waals surface area contributed by atoms with Crippen LogP contribution in [-0.4, -0.2) is 40.1 Å². The van der Waals surface area contributed by atoms with E-state index in [1.54, 1.807) is 4.57 Å². The minimum absolute atomic E-state index is 0.0317. The Hall–Kier alpha value is -2.07. The molecular weight excluding hydrogens is 361 g/mol. The van der Waals surface area contributed by atoms with E-state index in [1.165, 1.54) is 12.5 Å². The number of imidazole rings is 1. The van der Waals surface area contributed by atoms with Gasteiger partial charge in [-0.1, -0.05) is 0 Å². The Morgan fingerprint density at radius 2 is 1.85 bits per heavy atom. The average Bonchev–Trinajstić information content (AvgIpc) is 3.10. The van der Waals surface area contributed by atoms with Crippen LogP contribution >= 0.6 is 0 Å². The number of halogens is 1. The van der Waals surface area contributed by atoms with Crippen LogP contribution in [0, 0.1) is 5.82 Å². The lowest BCUT2D eigenvalue weighted by atomic mass is 9.94. The van der Waals surface area contributed by atoms with Gasteiger partial charge in [0, 0.05) is 18.3 Å². The lowest BCUT2D eigenvalue weighted by Gasteiger charge is -2.28. The molecule has 0 bridgehead atoms. The SMILES string of the molecule is CC(C)n1cnc(S(=O)(=O)NC2CCC(Oc3ncc(F)cn3)CC2)c1. The Bertz CT molecular complexity index is 830. The van der Waals surface area contributed by atoms with E-state index in [4.69, 9.17) is 4.74 Å². The summed E-state index contributed by atoms with van der Waals surface area (Å²) >= 11 is 0. The fraction of sp³-hybridized carbons (Fsp3) is 0.562. The van der Waals surface area contributed by atoms with E-state index >= 15 is 0 Å². The fourth-order valence-corrected chi connectivity index (χ4v) is 4.07. The third kappa shape index (κ3) is 4.55. The summed E-state index contributed by atoms with van der Waals surface area (Å²) in [6.45, 7) is 3.91. The summed E-state index contributed by atoms with van der Waals surface area (Å²) in [7, 11) is -3.64. The Balaban J connectivity index is 1.53. The lowest BCUT2D eigenvalue weighted by molar-refractivity contribution is 0.131. The predicted octanol–water partition coefficient (Wildman–Crippen LogP) is 2.06. The molecule has 142 valence electrons. The number of sulfonamides is 1. The molecule has 0 aromatic carbocycles. The van der Waals surface area contributed by atoms with Gasteiger partial charge in [-0.15, -0.1) is 0 Å². The quantitative estimate of drug-likeness (QED) is 0.820. The highest BCUT2D eigenvalue weighted by molar-refractivity contribution is 7.89. The second-order valence-corrected chi connectivity index (χ2v) is 8.31. The van der Waals surface area contributed by atoms with Crippen molar-refractivity contribution in [3.05, 3.63) is 30.7 Å². The van der Waals surface area contributed by atoms with Crippen molar-refractivity contribution in [2.24, 2.45) is 0 Å². The zero-order valence-corrected chi connectivity index (χ0v) is 15.5. The first-order valence-corrected chi connectivity index (χ1v) is 10.0. The summed E-state index contributed by atoms with van der Waals surface area (Å²) in [5, 5.41) is 0.0317. The van der Waals surface area contributed by atoms with Crippen LogP contribution in [0.15, 0.2) is 29.9 Å². The minimum Gasteiger partial charge on any atom is -0.460 e. The first kappa shape index (κ1) is 18.7. The van der Waals surface area contributed by atoms with E-state index in [-0.39, 0.29) is 29.2 Å². The molecule has 26 heavy (non-hydrogen) atoms. The van der Waals surface area contributed by atoms with Gasteiger partial charge in [-0.25, -0.2) is 32.5 Å². The van der Waals surface area contributed by atoms with Gasteiger partial charge in [0.15, 0.2) is 10.8 Å². The summed E-state index contributed by atoms with van der Waals surface area (Å²) in [4.78, 5) is 11.5. The van der Waals surface area contributed by atoms with E-state index in [9.17, 15) is 12.8 Å². The molecule has 2 aromatic rings. The van der Waals surface area contributed by atoms with Crippen molar-refractivity contribution in [1.82, 2.24) is 24.2 Å². The predicted molar refractivity (Wildman–Crippen MR) is 91.6 cm³/mol. The Labute approximate surface area is 151 Å². The third-order valence-corrected chi connectivity index (χ3v) is 5.72. The second kappa shape index (κ2) is 7.67. The third-order valence-electron chi connectivity index (χ3n) is 4.31. The van der Waals surface area contributed by atoms with Crippen molar-refractivity contribution < 1.29 is 17.5 Å². The Morgan fingerprint density at radius 3 is 2.42 bits per heavy atom. The summed E-state index contributed by atoms with van der Waals surface area (Å²) in [6, 6.07) is 0.112. The summed E-state index contributed by atoms with van der Waals surface area (Å²) in [6.07, 6.45) is 7.65. The van der Waals surface area contributed by atoms with Gasteiger partial charge in [-0.05, 0) is 39.5 Å². The van der Waals surface area contributed by atoms with Crippen LogP contribution in [-0.2, 0) is 10.0 Å². The highest BCUT2D eigenvalue weighted by Crippen LogP contribution is 2.23. The molecule has 3 rings (SSSR count). The smallest absolute Gasteiger partial charge is 0.316 e. The topological polar surface area (TPSA) is 99.0 Å². The molecule has 1 aliphatic carbocycles. The standard InChI is InChI=1S/C16H22FN5O3S/c1-11(2)22-9-15(20-10-22)26(23,24)21-13-3-5-14(6-4-13)25-16-18-7-12(17)8-19-16/h7-11,13-14,21H,3-6H2,1-2H3. The second-order valence-electron chi connectivity index (χ2n) is 6.65. The number of hydrogen-bond donors (Lipinski definition) is 1. The average molecular weight is 383 g/mol. The molecule has 2 heterocycles. The van der Waals surface area contributed by atoms with Crippen molar-refractivity contribution in [2.45, 2.75) is 62.7 Å². The number of aromatic nitrogens is 4. The Morgan fingerprint density at radius 1 is 1.19 bits per heavy atom. The first-order chi connectivity index (χ1) is 12.3. The zero-order valence-electron chi connectivity index (χ0n) is 14.7. The molecule has 0 spiro atoms. The van der Waals surface area contributed by atoms with Crippen LogP contribution < -0.4 is 9.46 Å². The van der Waals surface area contributed by atoms with Gasteiger partial charge in [0.2, 0.25) is 0 Å². The highest BCUT2D eigenvalue weighted by atomic mass is 32.2. The molecular formula is C16H22FN5O3S. The highest BCUT2D eigenvalue weighted by Gasteiger charge is 2.28. The van der Waals surface area contributed by atoms with Crippen LogP contribution in [0.2, 0.25) is 0 Å². The van der Waals surface area contributed by atoms with Crippen LogP contribution in [0.1, 0.15) is 45.6 Å². The number of nitrogens with zero attached hydrogens (tertiary/aromatic N) is 4. The molecule has 2 aromatic heterocycles. The summed E-state index contributed by atoms with van der Waals surface area (Å²) in [5.74, 6) is -0.518. The van der Waals surface area contributed by atoms with Gasteiger partial charge in [-0.3, -0.25) is 0 Å². The Kier molecular flexibility index (Phi) is 5.52. The monoisotopic (exact) mass is 383 g/mol. The number of rotatable bonds is 6. The number of hydrogen-bond acceptors (Lipinski definition) is 6. The van der Waals surface area contributed by atoms with Gasteiger partial charge in [0.1, 0.15) is 6.10 Å². The summed E-state index contributed by atoms with van der Waals surface area (Å²) in [5.41, 5.74) is 0. The summed E-state index contributed by atoms with van der Waals surface area (Å²) < 4.78 is 47.8. The maximum absolute atomic E-state index is 12.8. The molecule has 1 aliphatic rings. The van der Waals surface area contributed by atoms with Crippen molar-refractivity contribution in [1.29, 1.82) is 0 Å². The van der Waals surface area contributed by atoms with Gasteiger partial charge in [0.05, 0.1) is 18.7 Å². The van der Waals surface area contributed by atoms with Crippen LogP contribution in [0.3, 0.4) is 0 Å². The number of nitrogens with one attached hydrogen (secondary N) is 1. The molecule has 1 fully saturated rings. The molecule has 0 unspecified atom stereocenters. The molecule has 1 saturated carbocycles. The molecule has 0 saturated heterocycles. The number of ether oxygens (including phenoxy) is 1. The van der Waals surface area contributed by atoms with E-state index in [1.807, 2.05) is 13.8 Å². The van der Waals surface area contributed by atoms with E-state index in [2.05, 4.69) is 19.7 Å².